The van der Waals surface area contributed by atoms with Gasteiger partial charge in [0.1, 0.15) is 0 Å². The van der Waals surface area contributed by atoms with Crippen LogP contribution in [0.2, 0.25) is 0 Å². The Labute approximate surface area is 183 Å². The third kappa shape index (κ3) is 3.77. The molecule has 4 rings (SSSR count). The molecule has 5 nitrogen and oxygen atoms in total. The molecule has 1 aliphatic heterocycles. The lowest BCUT2D eigenvalue weighted by atomic mass is 9.95. The van der Waals surface area contributed by atoms with E-state index in [0.717, 1.165) is 21.9 Å². The van der Waals surface area contributed by atoms with E-state index in [1.807, 2.05) is 49.4 Å². The summed E-state index contributed by atoms with van der Waals surface area (Å²) in [6.07, 6.45) is 1.70. The fourth-order valence-corrected chi connectivity index (χ4v) is 5.90. The molecular weight excluding hydrogens is 410 g/mol. The Hall–Kier alpha value is -2.96. The number of esters is 1. The number of rotatable bonds is 5. The van der Waals surface area contributed by atoms with Crippen LogP contribution in [0, 0.1) is 6.92 Å². The molecule has 0 amide bonds. The van der Waals surface area contributed by atoms with Gasteiger partial charge in [0.05, 0.1) is 23.1 Å². The van der Waals surface area contributed by atoms with Gasteiger partial charge in [-0.3, -0.25) is 0 Å². The van der Waals surface area contributed by atoms with E-state index >= 15 is 0 Å². The lowest BCUT2D eigenvalue weighted by molar-refractivity contribution is -0.138. The molecule has 0 aliphatic carbocycles. The SMILES string of the molecule is CCOC(=O)C1=C[C@H](C)N(S(=O)(=O)c2ccc(C)cc2)[C@@H]1c1cccc2ccccc12. The third-order valence-corrected chi connectivity index (χ3v) is 7.56. The van der Waals surface area contributed by atoms with E-state index in [1.54, 1.807) is 44.2 Å². The van der Waals surface area contributed by atoms with Crippen LogP contribution in [0.4, 0.5) is 0 Å². The topological polar surface area (TPSA) is 63.7 Å². The molecule has 0 unspecified atom stereocenters. The number of carbonyl (C=O) groups is 1. The van der Waals surface area contributed by atoms with Crippen LogP contribution in [0.15, 0.2) is 83.3 Å². The predicted molar refractivity (Wildman–Crippen MR) is 121 cm³/mol. The van der Waals surface area contributed by atoms with Gasteiger partial charge in [-0.05, 0) is 49.2 Å². The van der Waals surface area contributed by atoms with E-state index in [0.29, 0.717) is 5.57 Å². The number of hydrogen-bond acceptors (Lipinski definition) is 4. The van der Waals surface area contributed by atoms with Crippen molar-refractivity contribution in [2.24, 2.45) is 0 Å². The minimum Gasteiger partial charge on any atom is -0.463 e. The van der Waals surface area contributed by atoms with Crippen molar-refractivity contribution in [1.82, 2.24) is 4.31 Å². The molecule has 1 aliphatic rings. The molecule has 0 saturated carbocycles. The summed E-state index contributed by atoms with van der Waals surface area (Å²) in [4.78, 5) is 13.1. The van der Waals surface area contributed by atoms with E-state index in [4.69, 9.17) is 4.74 Å². The van der Waals surface area contributed by atoms with Crippen molar-refractivity contribution in [3.63, 3.8) is 0 Å². The van der Waals surface area contributed by atoms with E-state index in [9.17, 15) is 13.2 Å². The zero-order chi connectivity index (χ0) is 22.2. The summed E-state index contributed by atoms with van der Waals surface area (Å²) in [6, 6.07) is 19.0. The number of carbonyl (C=O) groups excluding carboxylic acids is 1. The quantitative estimate of drug-likeness (QED) is 0.542. The molecule has 0 fully saturated rings. The first kappa shape index (κ1) is 21.3. The Balaban J connectivity index is 1.92. The molecule has 1 heterocycles. The van der Waals surface area contributed by atoms with Crippen molar-refractivity contribution in [3.8, 4) is 0 Å². The van der Waals surface area contributed by atoms with Crippen LogP contribution < -0.4 is 0 Å². The number of hydrogen-bond donors (Lipinski definition) is 0. The molecule has 6 heteroatoms. The lowest BCUT2D eigenvalue weighted by Gasteiger charge is -2.30. The second kappa shape index (κ2) is 8.29. The normalized spacial score (nSPS) is 19.4. The highest BCUT2D eigenvalue weighted by atomic mass is 32.2. The lowest BCUT2D eigenvalue weighted by Crippen LogP contribution is -2.37. The maximum Gasteiger partial charge on any atom is 0.335 e. The van der Waals surface area contributed by atoms with Crippen LogP contribution in [-0.4, -0.2) is 31.3 Å². The van der Waals surface area contributed by atoms with Crippen LogP contribution in [0.3, 0.4) is 0 Å². The monoisotopic (exact) mass is 435 g/mol. The molecular formula is C25H25NO4S. The molecule has 0 aromatic heterocycles. The summed E-state index contributed by atoms with van der Waals surface area (Å²) in [5.74, 6) is -0.492. The van der Waals surface area contributed by atoms with Crippen LogP contribution >= 0.6 is 0 Å². The molecule has 160 valence electrons. The van der Waals surface area contributed by atoms with Crippen molar-refractivity contribution in [2.75, 3.05) is 6.61 Å². The van der Waals surface area contributed by atoms with Crippen molar-refractivity contribution < 1.29 is 17.9 Å². The van der Waals surface area contributed by atoms with Gasteiger partial charge in [-0.2, -0.15) is 4.31 Å². The smallest absolute Gasteiger partial charge is 0.335 e. The molecule has 0 N–H and O–H groups in total. The number of fused-ring (bicyclic) bond motifs is 1. The first-order valence-electron chi connectivity index (χ1n) is 10.3. The van der Waals surface area contributed by atoms with E-state index in [2.05, 4.69) is 0 Å². The molecule has 0 saturated heterocycles. The second-order valence-corrected chi connectivity index (χ2v) is 9.55. The Kier molecular flexibility index (Phi) is 5.69. The van der Waals surface area contributed by atoms with Crippen molar-refractivity contribution in [2.45, 2.75) is 37.8 Å². The molecule has 0 spiro atoms. The highest BCUT2D eigenvalue weighted by Gasteiger charge is 2.45. The highest BCUT2D eigenvalue weighted by molar-refractivity contribution is 7.89. The van der Waals surface area contributed by atoms with Gasteiger partial charge in [-0.15, -0.1) is 0 Å². The molecule has 2 atom stereocenters. The minimum atomic E-state index is -3.88. The highest BCUT2D eigenvalue weighted by Crippen LogP contribution is 2.43. The van der Waals surface area contributed by atoms with Crippen LogP contribution in [0.1, 0.15) is 31.0 Å². The van der Waals surface area contributed by atoms with Crippen LogP contribution in [0.5, 0.6) is 0 Å². The third-order valence-electron chi connectivity index (χ3n) is 5.60. The van der Waals surface area contributed by atoms with Crippen molar-refractivity contribution >= 4 is 26.8 Å². The average molecular weight is 436 g/mol. The number of nitrogens with zero attached hydrogens (tertiary/aromatic N) is 1. The number of aryl methyl sites for hydroxylation is 1. The standard InChI is InChI=1S/C25H25NO4S/c1-4-30-25(27)23-16-18(3)26(31(28,29)20-14-12-17(2)13-15-20)24(23)22-11-7-9-19-8-5-6-10-21(19)22/h5-16,18,24H,4H2,1-3H3/t18-,24+/m0/s1. The zero-order valence-corrected chi connectivity index (χ0v) is 18.6. The zero-order valence-electron chi connectivity index (χ0n) is 17.8. The van der Waals surface area contributed by atoms with Gasteiger partial charge in [0.2, 0.25) is 10.0 Å². The van der Waals surface area contributed by atoms with Gasteiger partial charge in [-0.25, -0.2) is 13.2 Å². The molecule has 0 radical (unpaired) electrons. The number of benzene rings is 3. The number of sulfonamides is 1. The summed E-state index contributed by atoms with van der Waals surface area (Å²) in [5, 5.41) is 1.89. The summed E-state index contributed by atoms with van der Waals surface area (Å²) < 4.78 is 34.2. The van der Waals surface area contributed by atoms with Gasteiger partial charge in [0.15, 0.2) is 0 Å². The largest absolute Gasteiger partial charge is 0.463 e. The minimum absolute atomic E-state index is 0.202. The molecule has 3 aromatic rings. The Morgan fingerprint density at radius 3 is 2.39 bits per heavy atom. The van der Waals surface area contributed by atoms with Crippen molar-refractivity contribution in [1.29, 1.82) is 0 Å². The summed E-state index contributed by atoms with van der Waals surface area (Å²) in [5.41, 5.74) is 2.09. The van der Waals surface area contributed by atoms with Gasteiger partial charge in [-0.1, -0.05) is 66.2 Å². The summed E-state index contributed by atoms with van der Waals surface area (Å²) in [6.45, 7) is 5.66. The molecule has 3 aromatic carbocycles. The predicted octanol–water partition coefficient (Wildman–Crippen LogP) is 4.77. The van der Waals surface area contributed by atoms with Crippen molar-refractivity contribution in [3.05, 3.63) is 89.5 Å². The average Bonchev–Trinajstić information content (AvgIpc) is 3.11. The van der Waals surface area contributed by atoms with E-state index in [-0.39, 0.29) is 11.5 Å². The maximum absolute atomic E-state index is 13.7. The van der Waals surface area contributed by atoms with Crippen LogP contribution in [0.25, 0.3) is 10.8 Å². The van der Waals surface area contributed by atoms with Gasteiger partial charge in [0, 0.05) is 6.04 Å². The fraction of sp³-hybridized carbons (Fsp3) is 0.240. The Morgan fingerprint density at radius 1 is 1.00 bits per heavy atom. The molecule has 0 bridgehead atoms. The van der Waals surface area contributed by atoms with Crippen LogP contribution in [-0.2, 0) is 19.6 Å². The van der Waals surface area contributed by atoms with Gasteiger partial charge in [0.25, 0.3) is 0 Å². The summed E-state index contributed by atoms with van der Waals surface area (Å²) in [7, 11) is -3.88. The van der Waals surface area contributed by atoms with Gasteiger partial charge < -0.3 is 4.74 Å². The first-order valence-corrected chi connectivity index (χ1v) is 11.7. The first-order chi connectivity index (χ1) is 14.8. The van der Waals surface area contributed by atoms with E-state index in [1.165, 1.54) is 4.31 Å². The van der Waals surface area contributed by atoms with Gasteiger partial charge >= 0.3 is 5.97 Å². The maximum atomic E-state index is 13.7. The second-order valence-electron chi connectivity index (χ2n) is 7.70. The Bertz CT molecular complexity index is 1260. The number of ether oxygens (including phenoxy) is 1. The molecule has 31 heavy (non-hydrogen) atoms. The Morgan fingerprint density at radius 2 is 1.68 bits per heavy atom. The summed E-state index contributed by atoms with van der Waals surface area (Å²) >= 11 is 0. The van der Waals surface area contributed by atoms with E-state index < -0.39 is 28.1 Å². The fourth-order valence-electron chi connectivity index (χ4n) is 4.17.